The summed E-state index contributed by atoms with van der Waals surface area (Å²) >= 11 is 0. The van der Waals surface area contributed by atoms with E-state index in [1.807, 2.05) is 0 Å². The quantitative estimate of drug-likeness (QED) is 0.0210. The molecule has 0 aliphatic rings. The van der Waals surface area contributed by atoms with Crippen molar-refractivity contribution in [1.82, 2.24) is 0 Å². The average Bonchev–Trinajstić information content (AvgIpc) is 3.05. The van der Waals surface area contributed by atoms with Crippen LogP contribution in [0.3, 0.4) is 0 Å². The topological polar surface area (TPSA) is 110 Å². The summed E-state index contributed by atoms with van der Waals surface area (Å²) in [6.45, 7) is 4.68. The first-order valence-electron chi connectivity index (χ1n) is 19.9. The van der Waals surface area contributed by atoms with Crippen LogP contribution in [0.1, 0.15) is 200 Å². The largest absolute Gasteiger partial charge is 1.00 e. The number of hydrogen-bond acceptors (Lipinski definition) is 7. The van der Waals surface area contributed by atoms with E-state index in [0.29, 0.717) is 12.8 Å². The molecular weight excluding hydrogens is 647 g/mol. The first-order valence-corrected chi connectivity index (χ1v) is 21.4. The summed E-state index contributed by atoms with van der Waals surface area (Å²) in [5.41, 5.74) is 0. The number of unbranched alkanes of at least 4 members (excludes halogenated alkanes) is 24. The van der Waals surface area contributed by atoms with Gasteiger partial charge < -0.3 is 14.0 Å². The van der Waals surface area contributed by atoms with Crippen LogP contribution in [-0.4, -0.2) is 43.4 Å². The van der Waals surface area contributed by atoms with Crippen molar-refractivity contribution in [1.29, 1.82) is 0 Å². The summed E-state index contributed by atoms with van der Waals surface area (Å²) in [4.78, 5) is 24.5. The Morgan fingerprint density at radius 2 is 0.816 bits per heavy atom. The number of allylic oxidation sites excluding steroid dienone is 4. The zero-order valence-electron chi connectivity index (χ0n) is 32.1. The van der Waals surface area contributed by atoms with Crippen molar-refractivity contribution in [3.05, 3.63) is 24.3 Å². The molecule has 0 aromatic heterocycles. The van der Waals surface area contributed by atoms with Crippen molar-refractivity contribution in [2.75, 3.05) is 13.2 Å². The van der Waals surface area contributed by atoms with Crippen molar-refractivity contribution in [3.63, 3.8) is 0 Å². The molecule has 1 unspecified atom stereocenters. The number of rotatable bonds is 36. The van der Waals surface area contributed by atoms with E-state index in [-0.39, 0.29) is 42.8 Å². The fourth-order valence-corrected chi connectivity index (χ4v) is 6.31. The second kappa shape index (κ2) is 38.6. The molecule has 1 atom stereocenters. The molecule has 0 saturated heterocycles. The van der Waals surface area contributed by atoms with Gasteiger partial charge in [-0.2, -0.15) is 0 Å². The van der Waals surface area contributed by atoms with Crippen molar-refractivity contribution in [2.24, 2.45) is 0 Å². The maximum absolute atomic E-state index is 12.3. The Bertz CT molecular complexity index is 904. The molecule has 0 N–H and O–H groups in total. The smallest absolute Gasteiger partial charge is 0.747 e. The Morgan fingerprint density at radius 1 is 0.510 bits per heavy atom. The van der Waals surface area contributed by atoms with Crippen LogP contribution in [0, 0.1) is 0 Å². The summed E-state index contributed by atoms with van der Waals surface area (Å²) in [5, 5.41) is -2.06. The molecule has 0 bridgehead atoms. The number of ether oxygens (including phenoxy) is 2. The van der Waals surface area contributed by atoms with E-state index in [1.165, 1.54) is 109 Å². The molecular formula is C40H73NaO7S. The molecule has 0 fully saturated rings. The maximum Gasteiger partial charge on any atom is 1.00 e. The van der Waals surface area contributed by atoms with Gasteiger partial charge in [0.25, 0.3) is 0 Å². The van der Waals surface area contributed by atoms with Gasteiger partial charge in [-0.15, -0.1) is 0 Å². The minimum Gasteiger partial charge on any atom is -0.747 e. The Balaban J connectivity index is 0. The summed E-state index contributed by atoms with van der Waals surface area (Å²) in [6, 6.07) is 0. The molecule has 0 aromatic rings. The van der Waals surface area contributed by atoms with Crippen LogP contribution < -0.4 is 29.6 Å². The predicted octanol–water partition coefficient (Wildman–Crippen LogP) is 8.46. The predicted molar refractivity (Wildman–Crippen MR) is 199 cm³/mol. The van der Waals surface area contributed by atoms with Crippen LogP contribution in [0.4, 0.5) is 0 Å². The summed E-state index contributed by atoms with van der Waals surface area (Å²) < 4.78 is 45.1. The first-order chi connectivity index (χ1) is 23.3. The normalized spacial score (nSPS) is 12.4. The molecule has 9 heteroatoms. The molecule has 0 heterocycles. The standard InChI is InChI=1S/C40H74O7S.Na/c1-3-5-7-9-11-13-15-17-19-21-23-25-27-29-31-33-35-46-39(41)37-38(48(43,44)45)40(42)47-36-34-32-30-28-26-24-22-20-18-16-14-12-10-8-6-4-2;/h17-20,38H,3-16,21-37H2,1-2H3,(H,43,44,45);/q;+1/p-1/b19-17-,20-18-;. The molecule has 0 radical (unpaired) electrons. The summed E-state index contributed by atoms with van der Waals surface area (Å²) in [7, 11) is -5.03. The molecule has 0 rings (SSSR count). The second-order valence-corrected chi connectivity index (χ2v) is 15.0. The van der Waals surface area contributed by atoms with Gasteiger partial charge in [-0.25, -0.2) is 8.42 Å². The number of carbonyl (C=O) groups excluding carboxylic acids is 2. The van der Waals surface area contributed by atoms with Gasteiger partial charge in [-0.1, -0.05) is 154 Å². The maximum atomic E-state index is 12.3. The average molecular weight is 721 g/mol. The Morgan fingerprint density at radius 3 is 1.16 bits per heavy atom. The fourth-order valence-electron chi connectivity index (χ4n) is 5.66. The molecule has 49 heavy (non-hydrogen) atoms. The molecule has 0 amide bonds. The third-order valence-corrected chi connectivity index (χ3v) is 9.84. The van der Waals surface area contributed by atoms with E-state index in [9.17, 15) is 22.6 Å². The van der Waals surface area contributed by atoms with Gasteiger partial charge in [0.15, 0.2) is 5.25 Å². The molecule has 7 nitrogen and oxygen atoms in total. The van der Waals surface area contributed by atoms with E-state index in [2.05, 4.69) is 38.2 Å². The Hall–Kier alpha value is -0.670. The van der Waals surface area contributed by atoms with E-state index < -0.39 is 33.7 Å². The molecule has 0 spiro atoms. The van der Waals surface area contributed by atoms with Crippen LogP contribution >= 0.6 is 0 Å². The molecule has 0 aromatic carbocycles. The van der Waals surface area contributed by atoms with Crippen LogP contribution in [0.5, 0.6) is 0 Å². The molecule has 282 valence electrons. The van der Waals surface area contributed by atoms with Crippen molar-refractivity contribution in [2.45, 2.75) is 205 Å². The number of esters is 2. The van der Waals surface area contributed by atoms with Crippen LogP contribution in [0.25, 0.3) is 0 Å². The van der Waals surface area contributed by atoms with Crippen molar-refractivity contribution < 1.29 is 61.6 Å². The zero-order chi connectivity index (χ0) is 35.4. The van der Waals surface area contributed by atoms with Gasteiger partial charge in [0.1, 0.15) is 10.1 Å². The van der Waals surface area contributed by atoms with Crippen LogP contribution in [-0.2, 0) is 29.2 Å². The minimum absolute atomic E-state index is 0. The van der Waals surface area contributed by atoms with E-state index >= 15 is 0 Å². The Labute approximate surface area is 324 Å². The SMILES string of the molecule is CCCCCCCC/C=C\CCCCCCCCOC(=O)CC(C(=O)OCCCCCCCC/C=C\CCCCCCCC)S(=O)(=O)[O-].[Na+]. The van der Waals surface area contributed by atoms with Gasteiger partial charge in [0.2, 0.25) is 0 Å². The monoisotopic (exact) mass is 720 g/mol. The molecule has 0 aliphatic carbocycles. The second-order valence-electron chi connectivity index (χ2n) is 13.4. The van der Waals surface area contributed by atoms with Gasteiger partial charge in [0.05, 0.1) is 19.6 Å². The van der Waals surface area contributed by atoms with E-state index in [1.54, 1.807) is 0 Å². The van der Waals surface area contributed by atoms with Crippen molar-refractivity contribution in [3.8, 4) is 0 Å². The van der Waals surface area contributed by atoms with E-state index in [4.69, 9.17) is 9.47 Å². The summed E-state index contributed by atoms with van der Waals surface area (Å²) in [5.74, 6) is -2.02. The van der Waals surface area contributed by atoms with Gasteiger partial charge >= 0.3 is 41.5 Å². The van der Waals surface area contributed by atoms with Crippen molar-refractivity contribution >= 4 is 22.1 Å². The summed E-state index contributed by atoms with van der Waals surface area (Å²) in [6.07, 6.45) is 40.9. The minimum atomic E-state index is -5.03. The molecule has 0 aliphatic heterocycles. The Kier molecular flexibility index (Phi) is 39.7. The van der Waals surface area contributed by atoms with Gasteiger partial charge in [-0.3, -0.25) is 9.59 Å². The third-order valence-electron chi connectivity index (χ3n) is 8.78. The zero-order valence-corrected chi connectivity index (χ0v) is 34.9. The number of carbonyl (C=O) groups is 2. The van der Waals surface area contributed by atoms with Gasteiger partial charge in [0, 0.05) is 0 Å². The molecule has 0 saturated carbocycles. The van der Waals surface area contributed by atoms with Gasteiger partial charge in [-0.05, 0) is 64.2 Å². The van der Waals surface area contributed by atoms with Crippen LogP contribution in [0.2, 0.25) is 0 Å². The third kappa shape index (κ3) is 36.9. The number of hydrogen-bond donors (Lipinski definition) is 0. The first kappa shape index (κ1) is 50.4. The van der Waals surface area contributed by atoms with E-state index in [0.717, 1.165) is 57.8 Å². The van der Waals surface area contributed by atoms with Crippen LogP contribution in [0.15, 0.2) is 24.3 Å². The fraction of sp³-hybridized carbons (Fsp3) is 0.850.